The van der Waals surface area contributed by atoms with Crippen molar-refractivity contribution >= 4 is 17.5 Å². The second-order valence-corrected chi connectivity index (χ2v) is 11.2. The third kappa shape index (κ3) is 11.1. The number of carbonyl (C=O) groups is 3. The molecule has 2 aliphatic rings. The van der Waals surface area contributed by atoms with Crippen LogP contribution in [0.4, 0.5) is 0 Å². The maximum atomic E-state index is 12.4. The predicted molar refractivity (Wildman–Crippen MR) is 136 cm³/mol. The van der Waals surface area contributed by atoms with Crippen LogP contribution in [0.2, 0.25) is 0 Å². The standard InChI is InChI=1S/C15H27NO2.C12H24N2O/c1-11(2)9-13-7-5-6-8-16(15(13)18)10-14(17)12(3)4;1-10(2)12(15)9-13-5-7-14(8-6-13)11(3)4/h11-13H,5-10H2,1-4H3;10-11H,5-9H2,1-4H3/t13-;/m1./s1. The first kappa shape index (κ1) is 29.8. The molecule has 6 nitrogen and oxygen atoms in total. The minimum Gasteiger partial charge on any atom is -0.335 e. The fourth-order valence-corrected chi connectivity index (χ4v) is 4.34. The van der Waals surface area contributed by atoms with Crippen molar-refractivity contribution in [3.63, 3.8) is 0 Å². The second kappa shape index (κ2) is 14.9. The van der Waals surface area contributed by atoms with E-state index in [-0.39, 0.29) is 29.4 Å². The number of hydrogen-bond donors (Lipinski definition) is 0. The van der Waals surface area contributed by atoms with Gasteiger partial charge in [0.15, 0.2) is 5.78 Å². The smallest absolute Gasteiger partial charge is 0.226 e. The van der Waals surface area contributed by atoms with E-state index in [1.807, 2.05) is 27.7 Å². The lowest BCUT2D eigenvalue weighted by atomic mass is 9.92. The Morgan fingerprint density at radius 2 is 1.33 bits per heavy atom. The van der Waals surface area contributed by atoms with Gasteiger partial charge in [0, 0.05) is 56.5 Å². The lowest BCUT2D eigenvalue weighted by Crippen LogP contribution is -2.50. The van der Waals surface area contributed by atoms with E-state index in [1.165, 1.54) is 0 Å². The predicted octanol–water partition coefficient (Wildman–Crippen LogP) is 4.12. The van der Waals surface area contributed by atoms with Gasteiger partial charge in [-0.1, -0.05) is 48.0 Å². The number of amides is 1. The Balaban J connectivity index is 0.000000335. The van der Waals surface area contributed by atoms with Gasteiger partial charge in [-0.25, -0.2) is 0 Å². The zero-order valence-corrected chi connectivity index (χ0v) is 22.7. The van der Waals surface area contributed by atoms with Crippen LogP contribution < -0.4 is 0 Å². The molecular weight excluding hydrogens is 414 g/mol. The van der Waals surface area contributed by atoms with Crippen molar-refractivity contribution in [3.05, 3.63) is 0 Å². The summed E-state index contributed by atoms with van der Waals surface area (Å²) in [4.78, 5) is 42.3. The van der Waals surface area contributed by atoms with Crippen molar-refractivity contribution < 1.29 is 14.4 Å². The SMILES string of the molecule is CC(C)C(=O)CN1CCN(C(C)C)CC1.CC(C)C[C@H]1CCCCN(CC(=O)C(C)C)C1=O. The zero-order valence-electron chi connectivity index (χ0n) is 22.7. The largest absolute Gasteiger partial charge is 0.335 e. The van der Waals surface area contributed by atoms with Crippen LogP contribution in [0.1, 0.15) is 81.1 Å². The Morgan fingerprint density at radius 3 is 1.82 bits per heavy atom. The summed E-state index contributed by atoms with van der Waals surface area (Å²) in [6.07, 6.45) is 4.08. The Kier molecular flexibility index (Phi) is 13.4. The van der Waals surface area contributed by atoms with Crippen LogP contribution in [0, 0.1) is 23.7 Å². The average Bonchev–Trinajstić information content (AvgIpc) is 2.90. The fourth-order valence-electron chi connectivity index (χ4n) is 4.34. The monoisotopic (exact) mass is 465 g/mol. The minimum absolute atomic E-state index is 0.0181. The lowest BCUT2D eigenvalue weighted by molar-refractivity contribution is -0.139. The highest BCUT2D eigenvalue weighted by molar-refractivity contribution is 5.88. The number of carbonyl (C=O) groups excluding carboxylic acids is 3. The number of nitrogens with zero attached hydrogens (tertiary/aromatic N) is 3. The van der Waals surface area contributed by atoms with Crippen LogP contribution in [-0.4, -0.2) is 84.0 Å². The maximum Gasteiger partial charge on any atom is 0.226 e. The summed E-state index contributed by atoms with van der Waals surface area (Å²) in [6.45, 7) is 22.5. The summed E-state index contributed by atoms with van der Waals surface area (Å²) in [6, 6.07) is 0.632. The van der Waals surface area contributed by atoms with Gasteiger partial charge in [-0.05, 0) is 39.0 Å². The molecule has 0 aromatic carbocycles. The molecule has 2 heterocycles. The van der Waals surface area contributed by atoms with Crippen molar-refractivity contribution in [2.24, 2.45) is 23.7 Å². The molecule has 0 aromatic heterocycles. The maximum absolute atomic E-state index is 12.4. The van der Waals surface area contributed by atoms with E-state index < -0.39 is 0 Å². The first-order valence-corrected chi connectivity index (χ1v) is 13.2. The van der Waals surface area contributed by atoms with E-state index >= 15 is 0 Å². The quantitative estimate of drug-likeness (QED) is 0.512. The highest BCUT2D eigenvalue weighted by atomic mass is 16.2. The zero-order chi connectivity index (χ0) is 25.1. The highest BCUT2D eigenvalue weighted by Crippen LogP contribution is 2.24. The van der Waals surface area contributed by atoms with Crippen molar-refractivity contribution in [2.45, 2.75) is 87.1 Å². The Hall–Kier alpha value is -1.27. The second-order valence-electron chi connectivity index (χ2n) is 11.2. The minimum atomic E-state index is 0.0181. The summed E-state index contributed by atoms with van der Waals surface area (Å²) >= 11 is 0. The summed E-state index contributed by atoms with van der Waals surface area (Å²) in [5, 5.41) is 0. The number of Topliss-reactive ketones (excluding diaryl/α,β-unsaturated/α-hetero) is 2. The van der Waals surface area contributed by atoms with E-state index in [0.717, 1.165) is 58.4 Å². The molecule has 0 saturated carbocycles. The third-order valence-corrected chi connectivity index (χ3v) is 6.80. The van der Waals surface area contributed by atoms with E-state index in [4.69, 9.17) is 0 Å². The van der Waals surface area contributed by atoms with Gasteiger partial charge in [0.1, 0.15) is 5.78 Å². The molecule has 0 aliphatic carbocycles. The van der Waals surface area contributed by atoms with E-state index in [0.29, 0.717) is 30.8 Å². The van der Waals surface area contributed by atoms with Gasteiger partial charge in [-0.15, -0.1) is 0 Å². The first-order valence-electron chi connectivity index (χ1n) is 13.2. The molecule has 6 heteroatoms. The summed E-state index contributed by atoms with van der Waals surface area (Å²) < 4.78 is 0. The fraction of sp³-hybridized carbons (Fsp3) is 0.889. The molecule has 1 atom stereocenters. The molecule has 0 bridgehead atoms. The molecule has 33 heavy (non-hydrogen) atoms. The molecule has 192 valence electrons. The van der Waals surface area contributed by atoms with Crippen molar-refractivity contribution in [1.82, 2.24) is 14.7 Å². The molecule has 0 N–H and O–H groups in total. The van der Waals surface area contributed by atoms with Crippen LogP contribution in [0.5, 0.6) is 0 Å². The Labute approximate surface area is 203 Å². The number of rotatable bonds is 9. The van der Waals surface area contributed by atoms with Gasteiger partial charge in [0.25, 0.3) is 0 Å². The van der Waals surface area contributed by atoms with Gasteiger partial charge in [-0.2, -0.15) is 0 Å². The first-order chi connectivity index (χ1) is 15.4. The normalized spacial score (nSPS) is 20.9. The molecule has 0 aromatic rings. The molecule has 2 saturated heterocycles. The molecule has 1 amide bonds. The lowest BCUT2D eigenvalue weighted by Gasteiger charge is -2.36. The number of likely N-dealkylation sites (tertiary alicyclic amines) is 1. The number of piperazine rings is 1. The van der Waals surface area contributed by atoms with E-state index in [9.17, 15) is 14.4 Å². The van der Waals surface area contributed by atoms with Crippen LogP contribution in [0.15, 0.2) is 0 Å². The van der Waals surface area contributed by atoms with Gasteiger partial charge in [-0.3, -0.25) is 24.2 Å². The van der Waals surface area contributed by atoms with Crippen LogP contribution in [0.25, 0.3) is 0 Å². The van der Waals surface area contributed by atoms with Gasteiger partial charge in [0.05, 0.1) is 13.1 Å². The molecule has 2 rings (SSSR count). The Bertz CT molecular complexity index is 608. The molecule has 0 radical (unpaired) electrons. The Morgan fingerprint density at radius 1 is 0.788 bits per heavy atom. The van der Waals surface area contributed by atoms with E-state index in [2.05, 4.69) is 37.5 Å². The molecule has 2 fully saturated rings. The molecule has 2 aliphatic heterocycles. The molecule has 0 spiro atoms. The van der Waals surface area contributed by atoms with Crippen LogP contribution in [0.3, 0.4) is 0 Å². The molecule has 0 unspecified atom stereocenters. The van der Waals surface area contributed by atoms with Crippen molar-refractivity contribution in [3.8, 4) is 0 Å². The van der Waals surface area contributed by atoms with Crippen LogP contribution in [-0.2, 0) is 14.4 Å². The van der Waals surface area contributed by atoms with Gasteiger partial charge < -0.3 is 4.90 Å². The van der Waals surface area contributed by atoms with Gasteiger partial charge in [0.2, 0.25) is 5.91 Å². The van der Waals surface area contributed by atoms with Crippen molar-refractivity contribution in [1.29, 1.82) is 0 Å². The topological polar surface area (TPSA) is 60.9 Å². The van der Waals surface area contributed by atoms with Crippen molar-refractivity contribution in [2.75, 3.05) is 45.8 Å². The van der Waals surface area contributed by atoms with Gasteiger partial charge >= 0.3 is 0 Å². The highest BCUT2D eigenvalue weighted by Gasteiger charge is 2.29. The summed E-state index contributed by atoms with van der Waals surface area (Å²) in [5.41, 5.74) is 0. The number of ketones is 2. The molecular formula is C27H51N3O3. The average molecular weight is 466 g/mol. The van der Waals surface area contributed by atoms with E-state index in [1.54, 1.807) is 4.90 Å². The summed E-state index contributed by atoms with van der Waals surface area (Å²) in [7, 11) is 0. The summed E-state index contributed by atoms with van der Waals surface area (Å²) in [5.74, 6) is 1.61. The third-order valence-electron chi connectivity index (χ3n) is 6.80. The number of hydrogen-bond acceptors (Lipinski definition) is 5. The van der Waals surface area contributed by atoms with Crippen LogP contribution >= 0.6 is 0 Å².